The minimum atomic E-state index is -0.560. The van der Waals surface area contributed by atoms with Gasteiger partial charge in [-0.1, -0.05) is 18.2 Å². The number of carbonyl (C=O) groups is 1. The van der Waals surface area contributed by atoms with E-state index in [-0.39, 0.29) is 27.7 Å². The molecule has 3 aromatic carbocycles. The lowest BCUT2D eigenvalue weighted by atomic mass is 10.1. The SMILES string of the molecule is Cc1cc(NC(=S)NC(=O)c2cccc([N+](=O)[O-])c2C)cc(-c2nc3ccccc3s2)c1O. The number of benzene rings is 3. The topological polar surface area (TPSA) is 117 Å². The largest absolute Gasteiger partial charge is 0.507 e. The summed E-state index contributed by atoms with van der Waals surface area (Å²) in [6.45, 7) is 3.27. The molecule has 0 saturated carbocycles. The lowest BCUT2D eigenvalue weighted by Crippen LogP contribution is -2.34. The predicted molar refractivity (Wildman–Crippen MR) is 133 cm³/mol. The summed E-state index contributed by atoms with van der Waals surface area (Å²) in [5.41, 5.74) is 2.81. The van der Waals surface area contributed by atoms with Crippen molar-refractivity contribution in [3.63, 3.8) is 0 Å². The molecule has 0 aliphatic carbocycles. The average molecular weight is 479 g/mol. The lowest BCUT2D eigenvalue weighted by molar-refractivity contribution is -0.385. The summed E-state index contributed by atoms with van der Waals surface area (Å²) in [4.78, 5) is 27.8. The van der Waals surface area contributed by atoms with Crippen LogP contribution in [0.4, 0.5) is 11.4 Å². The Kier molecular flexibility index (Phi) is 6.03. The molecular weight excluding hydrogens is 460 g/mol. The number of phenols is 1. The molecule has 0 aliphatic heterocycles. The van der Waals surface area contributed by atoms with Gasteiger partial charge >= 0.3 is 0 Å². The number of hydrogen-bond acceptors (Lipinski definition) is 7. The number of aryl methyl sites for hydroxylation is 1. The molecule has 3 N–H and O–H groups in total. The van der Waals surface area contributed by atoms with Crippen LogP contribution in [0.3, 0.4) is 0 Å². The van der Waals surface area contributed by atoms with Crippen LogP contribution in [0.1, 0.15) is 21.5 Å². The zero-order valence-electron chi connectivity index (χ0n) is 17.6. The smallest absolute Gasteiger partial charge is 0.273 e. The molecule has 4 rings (SSSR count). The molecule has 8 nitrogen and oxygen atoms in total. The van der Waals surface area contributed by atoms with Crippen molar-refractivity contribution in [2.75, 3.05) is 5.32 Å². The number of thiocarbonyl (C=S) groups is 1. The van der Waals surface area contributed by atoms with Crippen LogP contribution in [0.2, 0.25) is 0 Å². The minimum absolute atomic E-state index is 0.0197. The van der Waals surface area contributed by atoms with Crippen LogP contribution in [0, 0.1) is 24.0 Å². The summed E-state index contributed by atoms with van der Waals surface area (Å²) in [7, 11) is 0. The summed E-state index contributed by atoms with van der Waals surface area (Å²) in [6.07, 6.45) is 0. The monoisotopic (exact) mass is 478 g/mol. The van der Waals surface area contributed by atoms with Crippen molar-refractivity contribution in [1.82, 2.24) is 10.3 Å². The van der Waals surface area contributed by atoms with Crippen molar-refractivity contribution in [2.45, 2.75) is 13.8 Å². The van der Waals surface area contributed by atoms with Crippen LogP contribution in [0.25, 0.3) is 20.8 Å². The molecule has 4 aromatic rings. The Labute approximate surface area is 198 Å². The number of para-hydroxylation sites is 1. The number of fused-ring (bicyclic) bond motifs is 1. The highest BCUT2D eigenvalue weighted by Crippen LogP contribution is 2.38. The Balaban J connectivity index is 1.57. The van der Waals surface area contributed by atoms with E-state index in [4.69, 9.17) is 12.2 Å². The number of amides is 1. The van der Waals surface area contributed by atoms with Gasteiger partial charge in [-0.3, -0.25) is 20.2 Å². The molecule has 0 aliphatic rings. The first-order chi connectivity index (χ1) is 15.7. The van der Waals surface area contributed by atoms with Crippen molar-refractivity contribution in [3.8, 4) is 16.3 Å². The number of rotatable bonds is 4. The molecule has 166 valence electrons. The van der Waals surface area contributed by atoms with Crippen LogP contribution in [-0.2, 0) is 0 Å². The quantitative estimate of drug-likeness (QED) is 0.157. The third kappa shape index (κ3) is 4.52. The first-order valence-corrected chi connectivity index (χ1v) is 11.0. The van der Waals surface area contributed by atoms with E-state index in [0.29, 0.717) is 21.8 Å². The summed E-state index contributed by atoms with van der Waals surface area (Å²) in [5, 5.41) is 27.9. The van der Waals surface area contributed by atoms with Gasteiger partial charge in [0.25, 0.3) is 11.6 Å². The van der Waals surface area contributed by atoms with E-state index in [1.807, 2.05) is 24.3 Å². The molecule has 0 atom stereocenters. The average Bonchev–Trinajstić information content (AvgIpc) is 3.20. The number of nitro groups is 1. The fourth-order valence-electron chi connectivity index (χ4n) is 3.40. The number of nitro benzene ring substituents is 1. The molecule has 10 heteroatoms. The number of aromatic hydroxyl groups is 1. The fourth-order valence-corrected chi connectivity index (χ4v) is 4.60. The maximum Gasteiger partial charge on any atom is 0.273 e. The van der Waals surface area contributed by atoms with Crippen LogP contribution < -0.4 is 10.6 Å². The standard InChI is InChI=1S/C23H18N4O4S2/c1-12-10-14(11-16(20(12)28)22-25-17-7-3-4-9-19(17)33-22)24-23(32)26-21(29)15-6-5-8-18(13(15)2)27(30)31/h3-11,28H,1-2H3,(H2,24,26,29,32). The van der Waals surface area contributed by atoms with Crippen LogP contribution in [-0.4, -0.2) is 26.0 Å². The summed E-state index contributed by atoms with van der Waals surface area (Å²) in [5.74, 6) is -0.447. The number of thiazole rings is 1. The van der Waals surface area contributed by atoms with E-state index in [1.165, 1.54) is 36.5 Å². The molecule has 33 heavy (non-hydrogen) atoms. The first kappa shape index (κ1) is 22.3. The maximum absolute atomic E-state index is 12.6. The minimum Gasteiger partial charge on any atom is -0.507 e. The highest BCUT2D eigenvalue weighted by molar-refractivity contribution is 7.80. The number of carbonyl (C=O) groups excluding carboxylic acids is 1. The van der Waals surface area contributed by atoms with Crippen molar-refractivity contribution in [2.24, 2.45) is 0 Å². The summed E-state index contributed by atoms with van der Waals surface area (Å²) in [6, 6.07) is 15.4. The molecule has 0 radical (unpaired) electrons. The number of phenolic OH excluding ortho intramolecular Hbond substituents is 1. The van der Waals surface area contributed by atoms with Gasteiger partial charge in [-0.2, -0.15) is 0 Å². The van der Waals surface area contributed by atoms with Gasteiger partial charge in [-0.25, -0.2) is 4.98 Å². The molecule has 0 fully saturated rings. The van der Waals surface area contributed by atoms with Crippen molar-refractivity contribution >= 4 is 56.2 Å². The molecule has 1 aromatic heterocycles. The van der Waals surface area contributed by atoms with Crippen LogP contribution in [0.15, 0.2) is 54.6 Å². The Hall–Kier alpha value is -3.89. The third-order valence-electron chi connectivity index (χ3n) is 5.06. The second-order valence-electron chi connectivity index (χ2n) is 7.29. The van der Waals surface area contributed by atoms with Gasteiger partial charge in [0.2, 0.25) is 0 Å². The van der Waals surface area contributed by atoms with E-state index in [2.05, 4.69) is 15.6 Å². The molecule has 0 unspecified atom stereocenters. The second kappa shape index (κ2) is 8.93. The molecule has 1 amide bonds. The molecule has 0 saturated heterocycles. The summed E-state index contributed by atoms with van der Waals surface area (Å²) < 4.78 is 0.998. The zero-order chi connectivity index (χ0) is 23.7. The van der Waals surface area contributed by atoms with Gasteiger partial charge in [-0.05, 0) is 62.0 Å². The van der Waals surface area contributed by atoms with E-state index >= 15 is 0 Å². The predicted octanol–water partition coefficient (Wildman–Crippen LogP) is 5.32. The normalized spacial score (nSPS) is 10.7. The highest BCUT2D eigenvalue weighted by Gasteiger charge is 2.19. The molecule has 0 bridgehead atoms. The Bertz CT molecular complexity index is 1400. The van der Waals surface area contributed by atoms with Gasteiger partial charge < -0.3 is 10.4 Å². The van der Waals surface area contributed by atoms with E-state index in [0.717, 1.165) is 10.2 Å². The Morgan fingerprint density at radius 3 is 2.64 bits per heavy atom. The molecule has 1 heterocycles. The van der Waals surface area contributed by atoms with Crippen molar-refractivity contribution in [3.05, 3.63) is 81.4 Å². The Morgan fingerprint density at radius 1 is 1.15 bits per heavy atom. The highest BCUT2D eigenvalue weighted by atomic mass is 32.1. The van der Waals surface area contributed by atoms with Gasteiger partial charge in [0.1, 0.15) is 10.8 Å². The number of aromatic nitrogens is 1. The Morgan fingerprint density at radius 2 is 1.91 bits per heavy atom. The van der Waals surface area contributed by atoms with Crippen LogP contribution >= 0.6 is 23.6 Å². The van der Waals surface area contributed by atoms with Gasteiger partial charge in [-0.15, -0.1) is 11.3 Å². The fraction of sp³-hybridized carbons (Fsp3) is 0.0870. The number of anilines is 1. The van der Waals surface area contributed by atoms with Crippen molar-refractivity contribution < 1.29 is 14.8 Å². The summed E-state index contributed by atoms with van der Waals surface area (Å²) >= 11 is 6.73. The van der Waals surface area contributed by atoms with Crippen molar-refractivity contribution in [1.29, 1.82) is 0 Å². The van der Waals surface area contributed by atoms with Gasteiger partial charge in [0.05, 0.1) is 20.7 Å². The zero-order valence-corrected chi connectivity index (χ0v) is 19.2. The van der Waals surface area contributed by atoms with E-state index < -0.39 is 10.8 Å². The van der Waals surface area contributed by atoms with Gasteiger partial charge in [0.15, 0.2) is 5.11 Å². The number of nitrogens with zero attached hydrogens (tertiary/aromatic N) is 2. The van der Waals surface area contributed by atoms with E-state index in [1.54, 1.807) is 19.1 Å². The number of hydrogen-bond donors (Lipinski definition) is 3. The molecular formula is C23H18N4O4S2. The first-order valence-electron chi connectivity index (χ1n) is 9.80. The second-order valence-corrected chi connectivity index (χ2v) is 8.73. The van der Waals surface area contributed by atoms with E-state index in [9.17, 15) is 20.0 Å². The third-order valence-corrected chi connectivity index (χ3v) is 6.33. The lowest BCUT2D eigenvalue weighted by Gasteiger charge is -2.13. The maximum atomic E-state index is 12.6. The molecule has 0 spiro atoms. The van der Waals surface area contributed by atoms with Gasteiger partial charge in [0, 0.05) is 22.9 Å². The van der Waals surface area contributed by atoms with Crippen LogP contribution in [0.5, 0.6) is 5.75 Å². The number of nitrogens with one attached hydrogen (secondary N) is 2.